The fourth-order valence-corrected chi connectivity index (χ4v) is 1.66. The Kier molecular flexibility index (Phi) is 2.97. The van der Waals surface area contributed by atoms with Gasteiger partial charge in [-0.25, -0.2) is 4.98 Å². The highest BCUT2D eigenvalue weighted by atomic mass is 79.9. The van der Waals surface area contributed by atoms with E-state index in [-0.39, 0.29) is 0 Å². The van der Waals surface area contributed by atoms with Crippen LogP contribution in [0.5, 0.6) is 0 Å². The van der Waals surface area contributed by atoms with E-state index in [4.69, 9.17) is 0 Å². The molecule has 0 radical (unpaired) electrons. The van der Waals surface area contributed by atoms with Gasteiger partial charge in [-0.05, 0) is 24.3 Å². The Morgan fingerprint density at radius 3 is 2.73 bits per heavy atom. The minimum absolute atomic E-state index is 0.385. The van der Waals surface area contributed by atoms with E-state index in [1.165, 1.54) is 0 Å². The van der Waals surface area contributed by atoms with E-state index < -0.39 is 0 Å². The van der Waals surface area contributed by atoms with Crippen LogP contribution in [0.25, 0.3) is 5.69 Å². The topological polar surface area (TPSA) is 34.9 Å². The maximum atomic E-state index is 10.5. The average Bonchev–Trinajstić information content (AvgIpc) is 2.68. The van der Waals surface area contributed by atoms with E-state index in [1.54, 1.807) is 12.5 Å². The van der Waals surface area contributed by atoms with Crippen LogP contribution < -0.4 is 0 Å². The van der Waals surface area contributed by atoms with Crippen LogP contribution in [0.15, 0.2) is 41.3 Å². The van der Waals surface area contributed by atoms with Gasteiger partial charge in [0.05, 0.1) is 6.33 Å². The van der Waals surface area contributed by atoms with E-state index in [9.17, 15) is 4.79 Å². The molecule has 0 aliphatic heterocycles. The Balaban J connectivity index is 2.40. The van der Waals surface area contributed by atoms with Crippen LogP contribution in [0.4, 0.5) is 0 Å². The van der Waals surface area contributed by atoms with Crippen molar-refractivity contribution in [3.8, 4) is 5.69 Å². The lowest BCUT2D eigenvalue weighted by atomic mass is 10.3. The zero-order valence-electron chi connectivity index (χ0n) is 7.93. The van der Waals surface area contributed by atoms with Gasteiger partial charge in [0, 0.05) is 28.5 Å². The fourth-order valence-electron chi connectivity index (χ4n) is 1.39. The Morgan fingerprint density at radius 1 is 1.33 bits per heavy atom. The summed E-state index contributed by atoms with van der Waals surface area (Å²) in [5.74, 6) is 0. The highest BCUT2D eigenvalue weighted by Crippen LogP contribution is 2.15. The maximum absolute atomic E-state index is 10.5. The number of carbonyl (C=O) groups excluding carboxylic acids is 1. The fraction of sp³-hybridized carbons (Fsp3) is 0.0909. The van der Waals surface area contributed by atoms with Crippen molar-refractivity contribution in [2.45, 2.75) is 6.42 Å². The Morgan fingerprint density at radius 2 is 2.07 bits per heavy atom. The van der Waals surface area contributed by atoms with E-state index in [0.29, 0.717) is 6.42 Å². The molecule has 0 fully saturated rings. The van der Waals surface area contributed by atoms with Gasteiger partial charge in [-0.1, -0.05) is 15.9 Å². The molecule has 2 rings (SSSR count). The summed E-state index contributed by atoms with van der Waals surface area (Å²) in [5, 5.41) is 0. The van der Waals surface area contributed by atoms with Crippen molar-refractivity contribution in [2.75, 3.05) is 0 Å². The molecule has 15 heavy (non-hydrogen) atoms. The molecule has 0 saturated carbocycles. The number of imidazole rings is 1. The monoisotopic (exact) mass is 264 g/mol. The molecule has 1 aromatic heterocycles. The summed E-state index contributed by atoms with van der Waals surface area (Å²) in [4.78, 5) is 14.5. The Hall–Kier alpha value is -1.42. The van der Waals surface area contributed by atoms with Crippen molar-refractivity contribution >= 4 is 22.2 Å². The van der Waals surface area contributed by atoms with Gasteiger partial charge >= 0.3 is 0 Å². The molecule has 4 heteroatoms. The largest absolute Gasteiger partial charge is 0.303 e. The second-order valence-electron chi connectivity index (χ2n) is 3.10. The van der Waals surface area contributed by atoms with Gasteiger partial charge in [-0.2, -0.15) is 0 Å². The molecule has 0 unspecified atom stereocenters. The minimum Gasteiger partial charge on any atom is -0.303 e. The third kappa shape index (κ3) is 2.15. The summed E-state index contributed by atoms with van der Waals surface area (Å²) >= 11 is 3.38. The first-order valence-electron chi connectivity index (χ1n) is 4.52. The summed E-state index contributed by atoms with van der Waals surface area (Å²) < 4.78 is 2.93. The van der Waals surface area contributed by atoms with Gasteiger partial charge in [0.25, 0.3) is 0 Å². The molecule has 1 aromatic carbocycles. The summed E-state index contributed by atoms with van der Waals surface area (Å²) in [6.45, 7) is 0. The number of hydrogen-bond donors (Lipinski definition) is 0. The minimum atomic E-state index is 0.385. The second kappa shape index (κ2) is 4.40. The number of hydrogen-bond acceptors (Lipinski definition) is 2. The lowest BCUT2D eigenvalue weighted by Gasteiger charge is -2.05. The van der Waals surface area contributed by atoms with Crippen molar-refractivity contribution in [1.82, 2.24) is 9.55 Å². The maximum Gasteiger partial charge on any atom is 0.125 e. The van der Waals surface area contributed by atoms with Crippen LogP contribution in [0.2, 0.25) is 0 Å². The number of aldehydes is 1. The van der Waals surface area contributed by atoms with Crippen molar-refractivity contribution in [2.24, 2.45) is 0 Å². The van der Waals surface area contributed by atoms with Crippen LogP contribution in [-0.4, -0.2) is 15.8 Å². The zero-order chi connectivity index (χ0) is 10.7. The molecular formula is C11H9BrN2O. The van der Waals surface area contributed by atoms with Gasteiger partial charge < -0.3 is 9.36 Å². The van der Waals surface area contributed by atoms with Crippen molar-refractivity contribution in [3.05, 3.63) is 47.0 Å². The average molecular weight is 265 g/mol. The Labute approximate surface area is 95.9 Å². The van der Waals surface area contributed by atoms with E-state index >= 15 is 0 Å². The molecule has 0 saturated heterocycles. The SMILES string of the molecule is O=CCc1cncn1-c1ccc(Br)cc1. The highest BCUT2D eigenvalue weighted by molar-refractivity contribution is 9.10. The first-order chi connectivity index (χ1) is 7.31. The van der Waals surface area contributed by atoms with Crippen molar-refractivity contribution < 1.29 is 4.79 Å². The van der Waals surface area contributed by atoms with E-state index in [0.717, 1.165) is 22.1 Å². The summed E-state index contributed by atoms with van der Waals surface area (Å²) in [7, 11) is 0. The van der Waals surface area contributed by atoms with Gasteiger partial charge in [0.1, 0.15) is 6.29 Å². The van der Waals surface area contributed by atoms with Crippen LogP contribution >= 0.6 is 15.9 Å². The van der Waals surface area contributed by atoms with Gasteiger partial charge in [-0.3, -0.25) is 0 Å². The molecule has 0 aliphatic carbocycles. The van der Waals surface area contributed by atoms with Crippen LogP contribution in [-0.2, 0) is 11.2 Å². The lowest BCUT2D eigenvalue weighted by Crippen LogP contribution is -1.99. The van der Waals surface area contributed by atoms with Gasteiger partial charge in [-0.15, -0.1) is 0 Å². The smallest absolute Gasteiger partial charge is 0.125 e. The van der Waals surface area contributed by atoms with Crippen LogP contribution in [0.1, 0.15) is 5.69 Å². The number of rotatable bonds is 3. The summed E-state index contributed by atoms with van der Waals surface area (Å²) in [6, 6.07) is 7.86. The predicted molar refractivity (Wildman–Crippen MR) is 61.0 cm³/mol. The molecule has 0 spiro atoms. The predicted octanol–water partition coefficient (Wildman–Crippen LogP) is 2.38. The summed E-state index contributed by atoms with van der Waals surface area (Å²) in [6.07, 6.45) is 4.68. The molecule has 0 N–H and O–H groups in total. The van der Waals surface area contributed by atoms with Gasteiger partial charge in [0.15, 0.2) is 0 Å². The number of benzene rings is 1. The third-order valence-corrected chi connectivity index (χ3v) is 2.64. The standard InChI is InChI=1S/C11H9BrN2O/c12-9-1-3-10(4-2-9)14-8-13-7-11(14)5-6-15/h1-4,6-8H,5H2. The van der Waals surface area contributed by atoms with Gasteiger partial charge in [0.2, 0.25) is 0 Å². The van der Waals surface area contributed by atoms with Crippen LogP contribution in [0.3, 0.4) is 0 Å². The molecule has 3 nitrogen and oxygen atoms in total. The summed E-state index contributed by atoms with van der Waals surface area (Å²) in [5.41, 5.74) is 1.90. The number of aromatic nitrogens is 2. The third-order valence-electron chi connectivity index (χ3n) is 2.11. The highest BCUT2D eigenvalue weighted by Gasteiger charge is 2.02. The first-order valence-corrected chi connectivity index (χ1v) is 5.31. The Bertz CT molecular complexity index is 462. The van der Waals surface area contributed by atoms with E-state index in [1.807, 2.05) is 28.8 Å². The zero-order valence-corrected chi connectivity index (χ0v) is 9.52. The number of nitrogens with zero attached hydrogens (tertiary/aromatic N) is 2. The van der Waals surface area contributed by atoms with Crippen molar-refractivity contribution in [3.63, 3.8) is 0 Å². The lowest BCUT2D eigenvalue weighted by molar-refractivity contribution is -0.107. The molecular weight excluding hydrogens is 256 g/mol. The molecule has 2 aromatic rings. The molecule has 0 aliphatic rings. The second-order valence-corrected chi connectivity index (χ2v) is 4.02. The number of carbonyl (C=O) groups is 1. The molecule has 0 bridgehead atoms. The quantitative estimate of drug-likeness (QED) is 0.798. The molecule has 0 amide bonds. The van der Waals surface area contributed by atoms with Crippen LogP contribution in [0, 0.1) is 0 Å². The molecule has 76 valence electrons. The number of halogens is 1. The normalized spacial score (nSPS) is 10.2. The molecule has 0 atom stereocenters. The molecule has 1 heterocycles. The van der Waals surface area contributed by atoms with Crippen molar-refractivity contribution in [1.29, 1.82) is 0 Å². The van der Waals surface area contributed by atoms with E-state index in [2.05, 4.69) is 20.9 Å². The first kappa shape index (κ1) is 10.1.